The van der Waals surface area contributed by atoms with Crippen molar-refractivity contribution in [1.29, 1.82) is 0 Å². The second kappa shape index (κ2) is 5.89. The van der Waals surface area contributed by atoms with Gasteiger partial charge in [-0.25, -0.2) is 9.18 Å². The van der Waals surface area contributed by atoms with Crippen LogP contribution >= 0.6 is 0 Å². The van der Waals surface area contributed by atoms with Crippen molar-refractivity contribution < 1.29 is 14.3 Å². The Hall–Kier alpha value is -1.86. The van der Waals surface area contributed by atoms with Gasteiger partial charge in [-0.1, -0.05) is 17.9 Å². The molecule has 0 spiro atoms. The average Bonchev–Trinajstić information content (AvgIpc) is 2.24. The molecule has 0 radical (unpaired) electrons. The highest BCUT2D eigenvalue weighted by Crippen LogP contribution is 2.12. The Morgan fingerprint density at radius 2 is 2.31 bits per heavy atom. The van der Waals surface area contributed by atoms with E-state index in [1.165, 1.54) is 12.1 Å². The van der Waals surface area contributed by atoms with Crippen molar-refractivity contribution >= 4 is 5.97 Å². The topological polar surface area (TPSA) is 49.3 Å². The van der Waals surface area contributed by atoms with Gasteiger partial charge in [-0.05, 0) is 19.2 Å². The normalized spacial score (nSPS) is 9.38. The number of carboxylic acid groups (broad SMARTS) is 1. The lowest BCUT2D eigenvalue weighted by Crippen LogP contribution is -2.06. The molecular formula is C12H12FNO2. The molecule has 0 amide bonds. The molecule has 0 unspecified atom stereocenters. The van der Waals surface area contributed by atoms with Crippen LogP contribution in [0.4, 0.5) is 4.39 Å². The van der Waals surface area contributed by atoms with Gasteiger partial charge in [0.05, 0.1) is 0 Å². The molecule has 1 aromatic rings. The number of benzene rings is 1. The fourth-order valence-electron chi connectivity index (χ4n) is 1.19. The third kappa shape index (κ3) is 3.07. The van der Waals surface area contributed by atoms with Crippen LogP contribution < -0.4 is 5.32 Å². The number of halogens is 1. The average molecular weight is 221 g/mol. The predicted molar refractivity (Wildman–Crippen MR) is 58.8 cm³/mol. The molecule has 4 heteroatoms. The van der Waals surface area contributed by atoms with Gasteiger partial charge < -0.3 is 10.4 Å². The minimum atomic E-state index is -1.30. The molecule has 1 aromatic carbocycles. The molecule has 16 heavy (non-hydrogen) atoms. The summed E-state index contributed by atoms with van der Waals surface area (Å²) in [4.78, 5) is 10.8. The van der Waals surface area contributed by atoms with Gasteiger partial charge in [0.1, 0.15) is 11.4 Å². The maximum absolute atomic E-state index is 13.2. The lowest BCUT2D eigenvalue weighted by Gasteiger charge is -1.99. The molecular weight excluding hydrogens is 209 g/mol. The van der Waals surface area contributed by atoms with E-state index in [4.69, 9.17) is 5.11 Å². The van der Waals surface area contributed by atoms with Crippen LogP contribution in [0.25, 0.3) is 0 Å². The fraction of sp³-hybridized carbons (Fsp3) is 0.250. The Morgan fingerprint density at radius 3 is 2.94 bits per heavy atom. The van der Waals surface area contributed by atoms with Gasteiger partial charge in [0.15, 0.2) is 0 Å². The maximum atomic E-state index is 13.2. The highest BCUT2D eigenvalue weighted by atomic mass is 19.1. The molecule has 0 bridgehead atoms. The summed E-state index contributed by atoms with van der Waals surface area (Å²) in [5.74, 6) is 3.39. The summed E-state index contributed by atoms with van der Waals surface area (Å²) in [5.41, 5.74) is -0.150. The van der Waals surface area contributed by atoms with Crippen LogP contribution in [0.15, 0.2) is 18.2 Å². The number of carbonyl (C=O) groups is 1. The molecule has 0 fully saturated rings. The van der Waals surface area contributed by atoms with E-state index in [2.05, 4.69) is 17.2 Å². The summed E-state index contributed by atoms with van der Waals surface area (Å²) in [7, 11) is 1.80. The van der Waals surface area contributed by atoms with Crippen molar-refractivity contribution in [2.24, 2.45) is 0 Å². The third-order valence-corrected chi connectivity index (χ3v) is 1.95. The molecule has 0 aliphatic rings. The Kier molecular flexibility index (Phi) is 4.49. The van der Waals surface area contributed by atoms with Crippen molar-refractivity contribution in [2.75, 3.05) is 13.6 Å². The van der Waals surface area contributed by atoms with Crippen LogP contribution in [0, 0.1) is 17.7 Å². The second-order valence-electron chi connectivity index (χ2n) is 3.12. The standard InChI is InChI=1S/C12H12FNO2/c1-14-8-3-2-5-9-6-4-7-10(13)11(9)12(15)16/h4,6-7,14H,3,8H2,1H3,(H,15,16). The van der Waals surface area contributed by atoms with Crippen LogP contribution in [-0.4, -0.2) is 24.7 Å². The van der Waals surface area contributed by atoms with Gasteiger partial charge in [0.25, 0.3) is 0 Å². The van der Waals surface area contributed by atoms with E-state index in [0.29, 0.717) is 13.0 Å². The van der Waals surface area contributed by atoms with E-state index < -0.39 is 11.8 Å². The van der Waals surface area contributed by atoms with E-state index in [1.54, 1.807) is 7.05 Å². The van der Waals surface area contributed by atoms with Gasteiger partial charge in [-0.15, -0.1) is 0 Å². The third-order valence-electron chi connectivity index (χ3n) is 1.95. The Bertz CT molecular complexity index is 446. The summed E-state index contributed by atoms with van der Waals surface area (Å²) in [5, 5.41) is 11.7. The van der Waals surface area contributed by atoms with Gasteiger partial charge in [-0.2, -0.15) is 0 Å². The lowest BCUT2D eigenvalue weighted by molar-refractivity contribution is 0.0691. The Labute approximate surface area is 93.3 Å². The van der Waals surface area contributed by atoms with E-state index >= 15 is 0 Å². The summed E-state index contributed by atoms with van der Waals surface area (Å²) in [6.07, 6.45) is 0.589. The van der Waals surface area contributed by atoms with Gasteiger partial charge >= 0.3 is 5.97 Å². The van der Waals surface area contributed by atoms with E-state index in [-0.39, 0.29) is 11.1 Å². The molecule has 0 heterocycles. The minimum Gasteiger partial charge on any atom is -0.478 e. The number of hydrogen-bond donors (Lipinski definition) is 2. The van der Waals surface area contributed by atoms with Crippen molar-refractivity contribution in [2.45, 2.75) is 6.42 Å². The Morgan fingerprint density at radius 1 is 1.56 bits per heavy atom. The van der Waals surface area contributed by atoms with Crippen LogP contribution in [0.5, 0.6) is 0 Å². The lowest BCUT2D eigenvalue weighted by atomic mass is 10.1. The van der Waals surface area contributed by atoms with Crippen molar-refractivity contribution in [1.82, 2.24) is 5.32 Å². The van der Waals surface area contributed by atoms with Gasteiger partial charge in [-0.3, -0.25) is 0 Å². The first kappa shape index (κ1) is 12.2. The number of carboxylic acids is 1. The minimum absolute atomic E-state index is 0.212. The first-order valence-corrected chi connectivity index (χ1v) is 4.82. The number of nitrogens with one attached hydrogen (secondary N) is 1. The van der Waals surface area contributed by atoms with Crippen molar-refractivity contribution in [3.05, 3.63) is 35.1 Å². The first-order chi connectivity index (χ1) is 7.66. The second-order valence-corrected chi connectivity index (χ2v) is 3.12. The summed E-state index contributed by atoms with van der Waals surface area (Å²) in [6.45, 7) is 0.713. The van der Waals surface area contributed by atoms with Crippen molar-refractivity contribution in [3.8, 4) is 11.8 Å². The first-order valence-electron chi connectivity index (χ1n) is 4.82. The SMILES string of the molecule is CNCCC#Cc1cccc(F)c1C(=O)O. The quantitative estimate of drug-likeness (QED) is 0.600. The highest BCUT2D eigenvalue weighted by Gasteiger charge is 2.13. The molecule has 84 valence electrons. The molecule has 0 aromatic heterocycles. The Balaban J connectivity index is 2.98. The fourth-order valence-corrected chi connectivity index (χ4v) is 1.19. The van der Waals surface area contributed by atoms with E-state index in [9.17, 15) is 9.18 Å². The van der Waals surface area contributed by atoms with Gasteiger partial charge in [0.2, 0.25) is 0 Å². The number of rotatable bonds is 3. The van der Waals surface area contributed by atoms with Crippen LogP contribution in [0.1, 0.15) is 22.3 Å². The number of hydrogen-bond acceptors (Lipinski definition) is 2. The zero-order chi connectivity index (χ0) is 12.0. The van der Waals surface area contributed by atoms with E-state index in [0.717, 1.165) is 6.07 Å². The molecule has 1 rings (SSSR count). The highest BCUT2D eigenvalue weighted by molar-refractivity contribution is 5.91. The zero-order valence-electron chi connectivity index (χ0n) is 8.88. The summed E-state index contributed by atoms with van der Waals surface area (Å²) in [6, 6.07) is 4.06. The monoisotopic (exact) mass is 221 g/mol. The van der Waals surface area contributed by atoms with Crippen LogP contribution in [-0.2, 0) is 0 Å². The number of aromatic carboxylic acids is 1. The molecule has 0 saturated carbocycles. The molecule has 0 atom stereocenters. The van der Waals surface area contributed by atoms with Gasteiger partial charge in [0, 0.05) is 18.5 Å². The smallest absolute Gasteiger partial charge is 0.339 e. The largest absolute Gasteiger partial charge is 0.478 e. The van der Waals surface area contributed by atoms with E-state index in [1.807, 2.05) is 0 Å². The van der Waals surface area contributed by atoms with Crippen molar-refractivity contribution in [3.63, 3.8) is 0 Å². The summed E-state index contributed by atoms with van der Waals surface area (Å²) < 4.78 is 13.2. The predicted octanol–water partition coefficient (Wildman–Crippen LogP) is 1.48. The van der Waals surface area contributed by atoms with Crippen LogP contribution in [0.3, 0.4) is 0 Å². The molecule has 2 N–H and O–H groups in total. The van der Waals surface area contributed by atoms with Crippen LogP contribution in [0.2, 0.25) is 0 Å². The zero-order valence-corrected chi connectivity index (χ0v) is 8.88. The molecule has 0 aliphatic carbocycles. The maximum Gasteiger partial charge on any atom is 0.339 e. The molecule has 3 nitrogen and oxygen atoms in total. The summed E-state index contributed by atoms with van der Waals surface area (Å²) >= 11 is 0. The molecule has 0 aliphatic heterocycles. The molecule has 0 saturated heterocycles.